The summed E-state index contributed by atoms with van der Waals surface area (Å²) in [5, 5.41) is 37.8. The molecule has 0 amide bonds. The second-order valence-corrected chi connectivity index (χ2v) is 4.71. The molecule has 6 nitrogen and oxygen atoms in total. The SMILES string of the molecule is CCCC(O)CCC(=O)[O-].CCCC(O)CCC(=O)[O-].[Ca+2]. The molecule has 2 N–H and O–H groups in total. The predicted molar refractivity (Wildman–Crippen MR) is 76.1 cm³/mol. The van der Waals surface area contributed by atoms with Crippen LogP contribution >= 0.6 is 0 Å². The third-order valence-corrected chi connectivity index (χ3v) is 2.61. The van der Waals surface area contributed by atoms with Crippen molar-refractivity contribution in [3.05, 3.63) is 0 Å². The van der Waals surface area contributed by atoms with Crippen LogP contribution in [0.3, 0.4) is 0 Å². The summed E-state index contributed by atoms with van der Waals surface area (Å²) in [6.45, 7) is 3.89. The molecule has 0 rings (SSSR count). The average molecular weight is 330 g/mol. The van der Waals surface area contributed by atoms with E-state index in [-0.39, 0.29) is 50.6 Å². The maximum absolute atomic E-state index is 9.89. The van der Waals surface area contributed by atoms with Gasteiger partial charge in [0.1, 0.15) is 0 Å². The number of carboxylic acid groups (broad SMARTS) is 2. The zero-order valence-electron chi connectivity index (χ0n) is 13.0. The van der Waals surface area contributed by atoms with Gasteiger partial charge in [0.15, 0.2) is 0 Å². The van der Waals surface area contributed by atoms with Gasteiger partial charge in [-0.15, -0.1) is 0 Å². The van der Waals surface area contributed by atoms with Crippen molar-refractivity contribution in [1.82, 2.24) is 0 Å². The van der Waals surface area contributed by atoms with Crippen molar-refractivity contribution in [3.8, 4) is 0 Å². The van der Waals surface area contributed by atoms with Crippen molar-refractivity contribution in [3.63, 3.8) is 0 Å². The number of carbonyl (C=O) groups is 2. The topological polar surface area (TPSA) is 121 Å². The third kappa shape index (κ3) is 25.4. The van der Waals surface area contributed by atoms with E-state index in [1.165, 1.54) is 0 Å². The van der Waals surface area contributed by atoms with Gasteiger partial charge in [-0.3, -0.25) is 0 Å². The molecular weight excluding hydrogens is 304 g/mol. The number of rotatable bonds is 10. The van der Waals surface area contributed by atoms with E-state index in [1.807, 2.05) is 13.8 Å². The fraction of sp³-hybridized carbons (Fsp3) is 0.857. The van der Waals surface area contributed by atoms with E-state index < -0.39 is 24.1 Å². The molecule has 0 aromatic heterocycles. The molecule has 0 aromatic rings. The molecule has 0 saturated heterocycles. The molecule has 0 fully saturated rings. The van der Waals surface area contributed by atoms with E-state index in [0.717, 1.165) is 12.8 Å². The van der Waals surface area contributed by atoms with Gasteiger partial charge >= 0.3 is 37.7 Å². The van der Waals surface area contributed by atoms with E-state index in [0.29, 0.717) is 25.7 Å². The van der Waals surface area contributed by atoms with Crippen molar-refractivity contribution in [2.75, 3.05) is 0 Å². The number of aliphatic hydroxyl groups excluding tert-OH is 2. The smallest absolute Gasteiger partial charge is 0.550 e. The summed E-state index contributed by atoms with van der Waals surface area (Å²) in [5.74, 6) is -2.18. The Morgan fingerprint density at radius 1 is 0.810 bits per heavy atom. The van der Waals surface area contributed by atoms with Gasteiger partial charge < -0.3 is 30.0 Å². The van der Waals surface area contributed by atoms with Crippen LogP contribution < -0.4 is 10.2 Å². The van der Waals surface area contributed by atoms with Crippen molar-refractivity contribution < 1.29 is 30.0 Å². The first-order valence-corrected chi connectivity index (χ1v) is 7.09. The number of hydrogen-bond donors (Lipinski definition) is 2. The van der Waals surface area contributed by atoms with Crippen LogP contribution in [0, 0.1) is 0 Å². The van der Waals surface area contributed by atoms with E-state index in [4.69, 9.17) is 10.2 Å². The summed E-state index contributed by atoms with van der Waals surface area (Å²) in [4.78, 5) is 19.8. The van der Waals surface area contributed by atoms with Crippen molar-refractivity contribution in [2.45, 2.75) is 77.4 Å². The van der Waals surface area contributed by atoms with Gasteiger partial charge in [-0.1, -0.05) is 26.7 Å². The van der Waals surface area contributed by atoms with Crippen molar-refractivity contribution in [1.29, 1.82) is 0 Å². The Morgan fingerprint density at radius 3 is 1.29 bits per heavy atom. The van der Waals surface area contributed by atoms with E-state index in [1.54, 1.807) is 0 Å². The zero-order valence-corrected chi connectivity index (χ0v) is 15.3. The minimum Gasteiger partial charge on any atom is -0.550 e. The first-order chi connectivity index (χ1) is 9.33. The van der Waals surface area contributed by atoms with Gasteiger partial charge in [-0.2, -0.15) is 0 Å². The molecule has 120 valence electrons. The van der Waals surface area contributed by atoms with Crippen LogP contribution in [0.1, 0.15) is 65.2 Å². The minimum absolute atomic E-state index is 0. The molecule has 2 unspecified atom stereocenters. The normalized spacial score (nSPS) is 12.4. The molecule has 0 aliphatic heterocycles. The summed E-state index contributed by atoms with van der Waals surface area (Å²) in [5.41, 5.74) is 0. The van der Waals surface area contributed by atoms with E-state index in [2.05, 4.69) is 0 Å². The number of aliphatic hydroxyl groups is 2. The second kappa shape index (κ2) is 18.2. The molecule has 0 bridgehead atoms. The summed E-state index contributed by atoms with van der Waals surface area (Å²) in [6, 6.07) is 0. The monoisotopic (exact) mass is 330 g/mol. The first-order valence-electron chi connectivity index (χ1n) is 7.09. The Balaban J connectivity index is -0.000000295. The maximum atomic E-state index is 9.89. The molecule has 0 spiro atoms. The standard InChI is InChI=1S/2C7H14O3.Ca/c2*1-2-3-6(8)4-5-7(9)10;/h2*6,8H,2-5H2,1H3,(H,9,10);/q;;+2/p-2. The Hall–Kier alpha value is 0.120. The first kappa shape index (κ1) is 26.0. The molecule has 7 heteroatoms. The van der Waals surface area contributed by atoms with Crippen LogP contribution in [0.2, 0.25) is 0 Å². The van der Waals surface area contributed by atoms with Crippen LogP contribution in [0.4, 0.5) is 0 Å². The molecule has 21 heavy (non-hydrogen) atoms. The fourth-order valence-electron chi connectivity index (χ4n) is 1.52. The van der Waals surface area contributed by atoms with Gasteiger partial charge in [0.05, 0.1) is 12.2 Å². The number of carbonyl (C=O) groups excluding carboxylic acids is 2. The van der Waals surface area contributed by atoms with Gasteiger partial charge in [0.2, 0.25) is 0 Å². The quantitative estimate of drug-likeness (QED) is 0.494. The fourth-order valence-corrected chi connectivity index (χ4v) is 1.52. The predicted octanol–water partition coefficient (Wildman–Crippen LogP) is -1.03. The third-order valence-electron chi connectivity index (χ3n) is 2.61. The average Bonchev–Trinajstić information content (AvgIpc) is 2.35. The molecule has 0 aliphatic carbocycles. The summed E-state index contributed by atoms with van der Waals surface area (Å²) < 4.78 is 0. The summed E-state index contributed by atoms with van der Waals surface area (Å²) >= 11 is 0. The zero-order chi connectivity index (χ0) is 16.0. The molecule has 0 radical (unpaired) electrons. The molecular formula is C14H26CaO6. The molecule has 0 saturated carbocycles. The van der Waals surface area contributed by atoms with Crippen LogP contribution in [-0.2, 0) is 9.59 Å². The van der Waals surface area contributed by atoms with Crippen LogP contribution in [0.25, 0.3) is 0 Å². The van der Waals surface area contributed by atoms with Gasteiger partial charge in [0.25, 0.3) is 0 Å². The Kier molecular flexibility index (Phi) is 22.5. The largest absolute Gasteiger partial charge is 2.00 e. The van der Waals surface area contributed by atoms with Crippen molar-refractivity contribution in [2.24, 2.45) is 0 Å². The van der Waals surface area contributed by atoms with E-state index >= 15 is 0 Å². The number of carboxylic acids is 2. The Labute approximate surface area is 156 Å². The van der Waals surface area contributed by atoms with Crippen LogP contribution in [0.15, 0.2) is 0 Å². The van der Waals surface area contributed by atoms with E-state index in [9.17, 15) is 19.8 Å². The van der Waals surface area contributed by atoms with Crippen molar-refractivity contribution >= 4 is 49.7 Å². The second-order valence-electron chi connectivity index (χ2n) is 4.71. The molecule has 0 aromatic carbocycles. The maximum Gasteiger partial charge on any atom is 2.00 e. The summed E-state index contributed by atoms with van der Waals surface area (Å²) in [7, 11) is 0. The van der Waals surface area contributed by atoms with Gasteiger partial charge in [-0.05, 0) is 38.5 Å². The van der Waals surface area contributed by atoms with Gasteiger partial charge in [-0.25, -0.2) is 0 Å². The molecule has 0 aliphatic rings. The Morgan fingerprint density at radius 2 is 1.10 bits per heavy atom. The molecule has 2 atom stereocenters. The Bertz CT molecular complexity index is 234. The minimum atomic E-state index is -1.09. The number of hydrogen-bond acceptors (Lipinski definition) is 6. The summed E-state index contributed by atoms with van der Waals surface area (Å²) in [6.07, 6.45) is 2.73. The van der Waals surface area contributed by atoms with Crippen LogP contribution in [-0.4, -0.2) is 72.1 Å². The number of aliphatic carboxylic acids is 2. The molecule has 0 heterocycles. The van der Waals surface area contributed by atoms with Gasteiger partial charge in [0, 0.05) is 11.9 Å². The van der Waals surface area contributed by atoms with Crippen LogP contribution in [0.5, 0.6) is 0 Å².